The molecule has 0 N–H and O–H groups in total. The maximum atomic E-state index is 13.4. The quantitative estimate of drug-likeness (QED) is 0.520. The van der Waals surface area contributed by atoms with Gasteiger partial charge < -0.3 is 4.74 Å². The highest BCUT2D eigenvalue weighted by atomic mass is 32.1. The number of ether oxygens (including phenoxy) is 1. The van der Waals surface area contributed by atoms with Gasteiger partial charge in [-0.05, 0) is 70.1 Å². The topological polar surface area (TPSA) is 61.2 Å². The van der Waals surface area contributed by atoms with Crippen molar-refractivity contribution < 1.29 is 9.53 Å². The van der Waals surface area contributed by atoms with E-state index in [1.54, 1.807) is 6.92 Å². The van der Waals surface area contributed by atoms with Gasteiger partial charge in [-0.3, -0.25) is 9.36 Å². The van der Waals surface area contributed by atoms with Crippen LogP contribution in [0.1, 0.15) is 61.1 Å². The molecular formula is C24H28N2O3S. The summed E-state index contributed by atoms with van der Waals surface area (Å²) in [6.07, 6.45) is 6.65. The number of benzene rings is 1. The van der Waals surface area contributed by atoms with Crippen LogP contribution in [-0.2, 0) is 9.53 Å². The number of nitrogens with zero attached hydrogens (tertiary/aromatic N) is 2. The van der Waals surface area contributed by atoms with E-state index < -0.39 is 6.04 Å². The summed E-state index contributed by atoms with van der Waals surface area (Å²) in [5.74, 6) is -0.357. The molecule has 0 bridgehead atoms. The molecule has 0 amide bonds. The number of carbonyl (C=O) groups excluding carboxylic acids is 1. The van der Waals surface area contributed by atoms with E-state index in [2.05, 4.69) is 31.0 Å². The molecule has 0 radical (unpaired) electrons. The van der Waals surface area contributed by atoms with Crippen LogP contribution in [0.15, 0.2) is 29.3 Å². The highest BCUT2D eigenvalue weighted by Gasteiger charge is 2.25. The monoisotopic (exact) mass is 424 g/mol. The molecule has 3 aromatic rings. The molecule has 30 heavy (non-hydrogen) atoms. The summed E-state index contributed by atoms with van der Waals surface area (Å²) in [4.78, 5) is 32.4. The minimum absolute atomic E-state index is 0.0319. The van der Waals surface area contributed by atoms with Crippen LogP contribution in [0.25, 0.3) is 21.3 Å². The number of thiophene rings is 1. The van der Waals surface area contributed by atoms with Gasteiger partial charge in [0.1, 0.15) is 17.0 Å². The second-order valence-electron chi connectivity index (χ2n) is 8.34. The Kier molecular flexibility index (Phi) is 5.78. The summed E-state index contributed by atoms with van der Waals surface area (Å²) < 4.78 is 7.12. The molecule has 1 fully saturated rings. The van der Waals surface area contributed by atoms with Gasteiger partial charge in [-0.1, -0.05) is 24.6 Å². The van der Waals surface area contributed by atoms with E-state index in [-0.39, 0.29) is 17.6 Å². The standard InChI is InChI=1S/C24H28N2O3S/c1-14-10-11-18(12-15(14)2)20-17(4)30-22-21(20)23(27)26(13-25-22)16(3)24(28)29-19-8-6-5-7-9-19/h10-13,16,19H,5-9H2,1-4H3. The molecule has 2 heterocycles. The molecule has 5 nitrogen and oxygen atoms in total. The molecule has 4 rings (SSSR count). The fourth-order valence-corrected chi connectivity index (χ4v) is 5.20. The number of hydrogen-bond acceptors (Lipinski definition) is 5. The van der Waals surface area contributed by atoms with Gasteiger partial charge >= 0.3 is 5.97 Å². The van der Waals surface area contributed by atoms with Crippen LogP contribution in [0, 0.1) is 20.8 Å². The van der Waals surface area contributed by atoms with Gasteiger partial charge in [-0.25, -0.2) is 9.78 Å². The highest BCUT2D eigenvalue weighted by Crippen LogP contribution is 2.36. The average Bonchev–Trinajstić information content (AvgIpc) is 3.07. The number of carbonyl (C=O) groups is 1. The van der Waals surface area contributed by atoms with Gasteiger partial charge in [0.15, 0.2) is 0 Å². The van der Waals surface area contributed by atoms with Crippen molar-refractivity contribution in [3.8, 4) is 11.1 Å². The first-order chi connectivity index (χ1) is 14.4. The number of fused-ring (bicyclic) bond motifs is 1. The van der Waals surface area contributed by atoms with Crippen molar-refractivity contribution in [1.82, 2.24) is 9.55 Å². The Morgan fingerprint density at radius 2 is 1.90 bits per heavy atom. The first-order valence-electron chi connectivity index (χ1n) is 10.6. The summed E-state index contributed by atoms with van der Waals surface area (Å²) in [6.45, 7) is 7.88. The first kappa shape index (κ1) is 20.8. The van der Waals surface area contributed by atoms with Gasteiger partial charge in [0, 0.05) is 10.4 Å². The van der Waals surface area contributed by atoms with Crippen LogP contribution < -0.4 is 5.56 Å². The summed E-state index contributed by atoms with van der Waals surface area (Å²) in [5, 5.41) is 0.584. The maximum absolute atomic E-state index is 13.4. The van der Waals surface area contributed by atoms with Gasteiger partial charge in [-0.15, -0.1) is 11.3 Å². The van der Waals surface area contributed by atoms with E-state index in [0.717, 1.165) is 41.7 Å². The second-order valence-corrected chi connectivity index (χ2v) is 9.55. The number of rotatable bonds is 4. The van der Waals surface area contributed by atoms with Crippen molar-refractivity contribution in [3.63, 3.8) is 0 Å². The predicted molar refractivity (Wildman–Crippen MR) is 121 cm³/mol. The lowest BCUT2D eigenvalue weighted by molar-refractivity contribution is -0.154. The lowest BCUT2D eigenvalue weighted by Crippen LogP contribution is -2.32. The predicted octanol–water partition coefficient (Wildman–Crippen LogP) is 5.49. The molecule has 1 aromatic carbocycles. The lowest BCUT2D eigenvalue weighted by atomic mass is 9.98. The lowest BCUT2D eigenvalue weighted by Gasteiger charge is -2.24. The zero-order valence-corrected chi connectivity index (χ0v) is 18.8. The summed E-state index contributed by atoms with van der Waals surface area (Å²) in [6, 6.07) is 5.53. The van der Waals surface area contributed by atoms with Gasteiger partial charge in [0.2, 0.25) is 0 Å². The van der Waals surface area contributed by atoms with E-state index in [9.17, 15) is 9.59 Å². The maximum Gasteiger partial charge on any atom is 0.329 e. The van der Waals surface area contributed by atoms with Gasteiger partial charge in [-0.2, -0.15) is 0 Å². The molecule has 1 aliphatic carbocycles. The molecule has 6 heteroatoms. The Hall–Kier alpha value is -2.47. The molecule has 2 aromatic heterocycles. The number of esters is 1. The Labute approximate surface area is 180 Å². The third-order valence-corrected chi connectivity index (χ3v) is 7.22. The molecular weight excluding hydrogens is 396 g/mol. The smallest absolute Gasteiger partial charge is 0.329 e. The van der Waals surface area contributed by atoms with Crippen molar-refractivity contribution in [2.45, 2.75) is 71.9 Å². The van der Waals surface area contributed by atoms with Crippen molar-refractivity contribution >= 4 is 27.5 Å². The fraction of sp³-hybridized carbons (Fsp3) is 0.458. The highest BCUT2D eigenvalue weighted by molar-refractivity contribution is 7.19. The first-order valence-corrected chi connectivity index (χ1v) is 11.5. The molecule has 1 unspecified atom stereocenters. The van der Waals surface area contributed by atoms with Crippen molar-refractivity contribution in [2.75, 3.05) is 0 Å². The number of aromatic nitrogens is 2. The molecule has 0 aliphatic heterocycles. The third kappa shape index (κ3) is 3.81. The minimum Gasteiger partial charge on any atom is -0.461 e. The minimum atomic E-state index is -0.705. The van der Waals surface area contributed by atoms with E-state index >= 15 is 0 Å². The zero-order valence-electron chi connectivity index (χ0n) is 18.0. The second kappa shape index (κ2) is 8.34. The molecule has 1 saturated carbocycles. The summed E-state index contributed by atoms with van der Waals surface area (Å²) >= 11 is 1.51. The van der Waals surface area contributed by atoms with Crippen LogP contribution in [0.3, 0.4) is 0 Å². The van der Waals surface area contributed by atoms with E-state index in [0.29, 0.717) is 10.2 Å². The van der Waals surface area contributed by atoms with Crippen molar-refractivity contribution in [1.29, 1.82) is 0 Å². The Morgan fingerprint density at radius 3 is 2.60 bits per heavy atom. The van der Waals surface area contributed by atoms with Gasteiger partial charge in [0.05, 0.1) is 11.7 Å². The largest absolute Gasteiger partial charge is 0.461 e. The van der Waals surface area contributed by atoms with E-state index in [1.807, 2.05) is 13.0 Å². The summed E-state index contributed by atoms with van der Waals surface area (Å²) in [5.41, 5.74) is 4.13. The third-order valence-electron chi connectivity index (χ3n) is 6.20. The summed E-state index contributed by atoms with van der Waals surface area (Å²) in [7, 11) is 0. The van der Waals surface area contributed by atoms with Crippen molar-refractivity contribution in [2.24, 2.45) is 0 Å². The number of hydrogen-bond donors (Lipinski definition) is 0. The van der Waals surface area contributed by atoms with Crippen LogP contribution in [0.5, 0.6) is 0 Å². The average molecular weight is 425 g/mol. The normalized spacial score (nSPS) is 16.0. The van der Waals surface area contributed by atoms with Crippen LogP contribution in [0.2, 0.25) is 0 Å². The van der Waals surface area contributed by atoms with Crippen LogP contribution in [-0.4, -0.2) is 21.6 Å². The Balaban J connectivity index is 1.73. The zero-order chi connectivity index (χ0) is 21.4. The van der Waals surface area contributed by atoms with Crippen LogP contribution in [0.4, 0.5) is 0 Å². The molecule has 0 spiro atoms. The number of aryl methyl sites for hydroxylation is 3. The fourth-order valence-electron chi connectivity index (χ4n) is 4.20. The SMILES string of the molecule is Cc1ccc(-c2c(C)sc3ncn(C(C)C(=O)OC4CCCCC4)c(=O)c23)cc1C. The van der Waals surface area contributed by atoms with Crippen molar-refractivity contribution in [3.05, 3.63) is 50.9 Å². The molecule has 1 atom stereocenters. The molecule has 158 valence electrons. The Bertz CT molecular complexity index is 1160. The van der Waals surface area contributed by atoms with Gasteiger partial charge in [0.25, 0.3) is 5.56 Å². The van der Waals surface area contributed by atoms with E-state index in [4.69, 9.17) is 4.74 Å². The van der Waals surface area contributed by atoms with Crippen LogP contribution >= 0.6 is 11.3 Å². The van der Waals surface area contributed by atoms with E-state index in [1.165, 1.54) is 39.8 Å². The molecule has 0 saturated heterocycles. The Morgan fingerprint density at radius 1 is 1.17 bits per heavy atom. The molecule has 1 aliphatic rings.